The Morgan fingerprint density at radius 3 is 2.40 bits per heavy atom. The van der Waals surface area contributed by atoms with Crippen molar-refractivity contribution < 1.29 is 31.5 Å². The Kier molecular flexibility index (Phi) is 4.65. The molecule has 0 aromatic heterocycles. The number of carbonyl (C=O) groups excluding carboxylic acids is 1. The molecule has 0 heterocycles. The minimum atomic E-state index is -5.01. The van der Waals surface area contributed by atoms with E-state index in [1.807, 2.05) is 0 Å². The van der Waals surface area contributed by atoms with E-state index in [2.05, 4.69) is 4.74 Å². The average molecular weight is 293 g/mol. The van der Waals surface area contributed by atoms with Crippen molar-refractivity contribution in [3.05, 3.63) is 34.4 Å². The summed E-state index contributed by atoms with van der Waals surface area (Å²) in [5.41, 5.74) is -4.82. The number of hydrogen-bond donors (Lipinski definition) is 0. The number of nitrogens with zero attached hydrogens (tertiary/aromatic N) is 1. The molecule has 0 spiro atoms. The van der Waals surface area contributed by atoms with Crippen LogP contribution in [0.3, 0.4) is 0 Å². The second-order valence-corrected chi connectivity index (χ2v) is 3.58. The Balaban J connectivity index is 3.69. The molecule has 1 rings (SSSR count). The standard InChI is InChI=1S/C12H8F5NO2/c1-2-20-11(19)9-7(12(15,16)17)4-3-6(5-18)8(9)10(13)14/h3-4,10H,2H2,1H3. The molecule has 0 atom stereocenters. The summed E-state index contributed by atoms with van der Waals surface area (Å²) in [5, 5.41) is 8.68. The Hall–Kier alpha value is -2.17. The zero-order valence-corrected chi connectivity index (χ0v) is 10.1. The maximum atomic E-state index is 12.9. The van der Waals surface area contributed by atoms with Crippen molar-refractivity contribution in [3.63, 3.8) is 0 Å². The monoisotopic (exact) mass is 293 g/mol. The van der Waals surface area contributed by atoms with Gasteiger partial charge in [-0.1, -0.05) is 0 Å². The minimum absolute atomic E-state index is 0.282. The SMILES string of the molecule is CCOC(=O)c1c(C(F)(F)F)ccc(C#N)c1C(F)F. The number of carbonyl (C=O) groups is 1. The van der Waals surface area contributed by atoms with E-state index in [0.717, 1.165) is 0 Å². The second-order valence-electron chi connectivity index (χ2n) is 3.58. The lowest BCUT2D eigenvalue weighted by molar-refractivity contribution is -0.138. The first-order valence-electron chi connectivity index (χ1n) is 5.33. The van der Waals surface area contributed by atoms with Gasteiger partial charge in [0.25, 0.3) is 6.43 Å². The minimum Gasteiger partial charge on any atom is -0.462 e. The zero-order valence-electron chi connectivity index (χ0n) is 10.1. The summed E-state index contributed by atoms with van der Waals surface area (Å²) in [5.74, 6) is -1.53. The fourth-order valence-corrected chi connectivity index (χ4v) is 1.60. The van der Waals surface area contributed by atoms with E-state index in [4.69, 9.17) is 5.26 Å². The van der Waals surface area contributed by atoms with Crippen LogP contribution in [0.25, 0.3) is 0 Å². The number of benzene rings is 1. The van der Waals surface area contributed by atoms with Crippen molar-refractivity contribution in [2.75, 3.05) is 6.61 Å². The van der Waals surface area contributed by atoms with Crippen molar-refractivity contribution in [1.82, 2.24) is 0 Å². The summed E-state index contributed by atoms with van der Waals surface area (Å²) in [6.45, 7) is 1.04. The normalized spacial score (nSPS) is 11.3. The first kappa shape index (κ1) is 15.9. The van der Waals surface area contributed by atoms with E-state index in [-0.39, 0.29) is 6.61 Å². The van der Waals surface area contributed by atoms with Crippen LogP contribution in [0.2, 0.25) is 0 Å². The van der Waals surface area contributed by atoms with Gasteiger partial charge >= 0.3 is 12.1 Å². The van der Waals surface area contributed by atoms with Gasteiger partial charge in [0.15, 0.2) is 0 Å². The molecule has 8 heteroatoms. The summed E-state index contributed by atoms with van der Waals surface area (Å²) < 4.78 is 68.6. The lowest BCUT2D eigenvalue weighted by atomic mass is 9.96. The molecule has 0 aliphatic carbocycles. The van der Waals surface area contributed by atoms with Gasteiger partial charge in [-0.2, -0.15) is 18.4 Å². The molecule has 0 N–H and O–H groups in total. The molecule has 1 aromatic carbocycles. The van der Waals surface area contributed by atoms with E-state index in [9.17, 15) is 26.7 Å². The fraction of sp³-hybridized carbons (Fsp3) is 0.333. The predicted molar refractivity (Wildman–Crippen MR) is 57.1 cm³/mol. The third kappa shape index (κ3) is 3.04. The summed E-state index contributed by atoms with van der Waals surface area (Å²) in [4.78, 5) is 11.5. The highest BCUT2D eigenvalue weighted by Gasteiger charge is 2.39. The number of hydrogen-bond acceptors (Lipinski definition) is 3. The van der Waals surface area contributed by atoms with Gasteiger partial charge < -0.3 is 4.74 Å². The zero-order chi connectivity index (χ0) is 15.5. The van der Waals surface area contributed by atoms with Crippen LogP contribution in [0.5, 0.6) is 0 Å². The van der Waals surface area contributed by atoms with Gasteiger partial charge in [-0.05, 0) is 19.1 Å². The van der Waals surface area contributed by atoms with Gasteiger partial charge in [0, 0.05) is 0 Å². The lowest BCUT2D eigenvalue weighted by Gasteiger charge is -2.16. The third-order valence-corrected chi connectivity index (χ3v) is 2.37. The Morgan fingerprint density at radius 1 is 1.40 bits per heavy atom. The largest absolute Gasteiger partial charge is 0.462 e. The highest BCUT2D eigenvalue weighted by atomic mass is 19.4. The van der Waals surface area contributed by atoms with Crippen LogP contribution in [-0.4, -0.2) is 12.6 Å². The summed E-state index contributed by atoms with van der Waals surface area (Å²) in [6.07, 6.45) is -8.42. The molecule has 3 nitrogen and oxygen atoms in total. The van der Waals surface area contributed by atoms with E-state index < -0.39 is 40.8 Å². The smallest absolute Gasteiger partial charge is 0.417 e. The molecule has 0 amide bonds. The van der Waals surface area contributed by atoms with Gasteiger partial charge in [0.05, 0.1) is 34.9 Å². The molecule has 0 fully saturated rings. The highest BCUT2D eigenvalue weighted by Crippen LogP contribution is 2.38. The number of esters is 1. The maximum Gasteiger partial charge on any atom is 0.417 e. The number of rotatable bonds is 3. The van der Waals surface area contributed by atoms with Gasteiger partial charge in [0.2, 0.25) is 0 Å². The van der Waals surface area contributed by atoms with E-state index in [0.29, 0.717) is 12.1 Å². The molecule has 20 heavy (non-hydrogen) atoms. The number of alkyl halides is 5. The van der Waals surface area contributed by atoms with Crippen LogP contribution in [0, 0.1) is 11.3 Å². The van der Waals surface area contributed by atoms with Crippen molar-refractivity contribution in [3.8, 4) is 6.07 Å². The molecule has 0 unspecified atom stereocenters. The molecular formula is C12H8F5NO2. The third-order valence-electron chi connectivity index (χ3n) is 2.37. The number of halogens is 5. The number of nitriles is 1. The van der Waals surface area contributed by atoms with Crippen molar-refractivity contribution >= 4 is 5.97 Å². The van der Waals surface area contributed by atoms with Gasteiger partial charge in [-0.25, -0.2) is 13.6 Å². The van der Waals surface area contributed by atoms with Crippen LogP contribution >= 0.6 is 0 Å². The first-order chi connectivity index (χ1) is 9.23. The van der Waals surface area contributed by atoms with Crippen molar-refractivity contribution in [2.24, 2.45) is 0 Å². The van der Waals surface area contributed by atoms with Crippen LogP contribution in [0.1, 0.15) is 40.4 Å². The summed E-state index contributed by atoms with van der Waals surface area (Å²) >= 11 is 0. The maximum absolute atomic E-state index is 12.9. The molecule has 0 saturated heterocycles. The molecule has 0 bridgehead atoms. The highest BCUT2D eigenvalue weighted by molar-refractivity contribution is 5.94. The molecule has 0 saturated carbocycles. The summed E-state index contributed by atoms with van der Waals surface area (Å²) in [7, 11) is 0. The molecular weight excluding hydrogens is 285 g/mol. The van der Waals surface area contributed by atoms with E-state index in [1.54, 1.807) is 0 Å². The van der Waals surface area contributed by atoms with Crippen molar-refractivity contribution in [2.45, 2.75) is 19.5 Å². The van der Waals surface area contributed by atoms with E-state index in [1.165, 1.54) is 13.0 Å². The average Bonchev–Trinajstić information content (AvgIpc) is 2.35. The fourth-order valence-electron chi connectivity index (χ4n) is 1.60. The Labute approximate surface area is 110 Å². The molecule has 1 aromatic rings. The lowest BCUT2D eigenvalue weighted by Crippen LogP contribution is -2.19. The van der Waals surface area contributed by atoms with Crippen LogP contribution in [-0.2, 0) is 10.9 Å². The summed E-state index contributed by atoms with van der Waals surface area (Å²) in [6, 6.07) is 2.36. The molecule has 0 radical (unpaired) electrons. The first-order valence-corrected chi connectivity index (χ1v) is 5.33. The topological polar surface area (TPSA) is 50.1 Å². The predicted octanol–water partition coefficient (Wildman–Crippen LogP) is 3.69. The molecule has 0 aliphatic rings. The van der Waals surface area contributed by atoms with Gasteiger partial charge in [-0.3, -0.25) is 0 Å². The van der Waals surface area contributed by atoms with E-state index >= 15 is 0 Å². The molecule has 0 aliphatic heterocycles. The van der Waals surface area contributed by atoms with Crippen LogP contribution in [0.4, 0.5) is 22.0 Å². The van der Waals surface area contributed by atoms with Crippen LogP contribution < -0.4 is 0 Å². The second kappa shape index (κ2) is 5.86. The molecule has 108 valence electrons. The Morgan fingerprint density at radius 2 is 2.00 bits per heavy atom. The quantitative estimate of drug-likeness (QED) is 0.631. The van der Waals surface area contributed by atoms with Gasteiger partial charge in [0.1, 0.15) is 0 Å². The Bertz CT molecular complexity index is 560. The van der Waals surface area contributed by atoms with Gasteiger partial charge in [-0.15, -0.1) is 0 Å². The van der Waals surface area contributed by atoms with Crippen molar-refractivity contribution in [1.29, 1.82) is 5.26 Å². The van der Waals surface area contributed by atoms with Crippen LogP contribution in [0.15, 0.2) is 12.1 Å². The number of ether oxygens (including phenoxy) is 1.